The van der Waals surface area contributed by atoms with Crippen molar-refractivity contribution < 1.29 is 9.53 Å². The zero-order valence-corrected chi connectivity index (χ0v) is 11.3. The van der Waals surface area contributed by atoms with Gasteiger partial charge in [0.15, 0.2) is 0 Å². The van der Waals surface area contributed by atoms with Crippen LogP contribution in [0.5, 0.6) is 0 Å². The molecule has 0 bridgehead atoms. The second-order valence-electron chi connectivity index (χ2n) is 5.25. The number of amides is 1. The van der Waals surface area contributed by atoms with Crippen LogP contribution < -0.4 is 5.73 Å². The summed E-state index contributed by atoms with van der Waals surface area (Å²) in [5.41, 5.74) is 5.47. The zero-order valence-electron chi connectivity index (χ0n) is 10.5. The van der Waals surface area contributed by atoms with Gasteiger partial charge in [-0.15, -0.1) is 12.4 Å². The van der Waals surface area contributed by atoms with Crippen molar-refractivity contribution in [2.45, 2.75) is 38.7 Å². The average Bonchev–Trinajstić information content (AvgIpc) is 2.76. The van der Waals surface area contributed by atoms with Crippen LogP contribution in [-0.4, -0.2) is 43.2 Å². The van der Waals surface area contributed by atoms with Crippen molar-refractivity contribution in [3.05, 3.63) is 0 Å². The van der Waals surface area contributed by atoms with E-state index in [0.717, 1.165) is 19.4 Å². The van der Waals surface area contributed by atoms with Gasteiger partial charge in [0.1, 0.15) is 0 Å². The Morgan fingerprint density at radius 2 is 2.12 bits per heavy atom. The molecular formula is C12H23ClN2O2. The molecule has 4 nitrogen and oxygen atoms in total. The average molecular weight is 263 g/mol. The molecule has 2 N–H and O–H groups in total. The fourth-order valence-corrected chi connectivity index (χ4v) is 2.80. The zero-order chi connectivity index (χ0) is 11.6. The van der Waals surface area contributed by atoms with Crippen molar-refractivity contribution in [1.29, 1.82) is 0 Å². The van der Waals surface area contributed by atoms with E-state index in [1.54, 1.807) is 0 Å². The summed E-state index contributed by atoms with van der Waals surface area (Å²) in [6, 6.07) is 0. The van der Waals surface area contributed by atoms with Crippen molar-refractivity contribution >= 4 is 18.3 Å². The molecule has 1 unspecified atom stereocenters. The Hall–Kier alpha value is -0.320. The van der Waals surface area contributed by atoms with Gasteiger partial charge in [0.25, 0.3) is 0 Å². The van der Waals surface area contributed by atoms with Crippen LogP contribution >= 0.6 is 12.4 Å². The van der Waals surface area contributed by atoms with Gasteiger partial charge in [0.2, 0.25) is 5.91 Å². The van der Waals surface area contributed by atoms with Crippen LogP contribution in [0.4, 0.5) is 0 Å². The molecule has 0 radical (unpaired) electrons. The van der Waals surface area contributed by atoms with Crippen molar-refractivity contribution in [3.63, 3.8) is 0 Å². The molecule has 1 amide bonds. The number of carbonyl (C=O) groups excluding carboxylic acids is 1. The molecule has 2 fully saturated rings. The summed E-state index contributed by atoms with van der Waals surface area (Å²) < 4.78 is 5.48. The predicted molar refractivity (Wildman–Crippen MR) is 69.2 cm³/mol. The number of halogens is 1. The lowest BCUT2D eigenvalue weighted by atomic mass is 9.87. The molecular weight excluding hydrogens is 240 g/mol. The summed E-state index contributed by atoms with van der Waals surface area (Å²) in [5, 5.41) is 0. The Balaban J connectivity index is 0.00000144. The van der Waals surface area contributed by atoms with Gasteiger partial charge in [-0.3, -0.25) is 4.79 Å². The Kier molecular flexibility index (Phi) is 5.22. The number of hydrogen-bond donors (Lipinski definition) is 1. The first-order chi connectivity index (χ1) is 7.65. The largest absolute Gasteiger partial charge is 0.373 e. The van der Waals surface area contributed by atoms with Gasteiger partial charge in [-0.05, 0) is 12.8 Å². The number of ether oxygens (including phenoxy) is 1. The summed E-state index contributed by atoms with van der Waals surface area (Å²) in [6.07, 6.45) is 4.48. The molecule has 0 aromatic heterocycles. The molecule has 17 heavy (non-hydrogen) atoms. The van der Waals surface area contributed by atoms with Crippen LogP contribution in [0.1, 0.15) is 32.6 Å². The molecule has 100 valence electrons. The van der Waals surface area contributed by atoms with E-state index < -0.39 is 0 Å². The van der Waals surface area contributed by atoms with E-state index in [-0.39, 0.29) is 23.9 Å². The fraction of sp³-hybridized carbons (Fsp3) is 0.917. The van der Waals surface area contributed by atoms with E-state index in [0.29, 0.717) is 25.6 Å². The van der Waals surface area contributed by atoms with Gasteiger partial charge >= 0.3 is 0 Å². The lowest BCUT2D eigenvalue weighted by Crippen LogP contribution is -2.51. The topological polar surface area (TPSA) is 55.6 Å². The minimum Gasteiger partial charge on any atom is -0.373 e. The number of nitrogens with zero attached hydrogens (tertiary/aromatic N) is 1. The number of carbonyl (C=O) groups is 1. The first kappa shape index (κ1) is 14.7. The second kappa shape index (κ2) is 6.03. The van der Waals surface area contributed by atoms with Gasteiger partial charge in [0, 0.05) is 25.0 Å². The summed E-state index contributed by atoms with van der Waals surface area (Å²) in [5.74, 6) is 0.312. The molecule has 1 heterocycles. The fourth-order valence-electron chi connectivity index (χ4n) is 2.80. The Labute approximate surface area is 109 Å². The third-order valence-electron chi connectivity index (χ3n) is 3.91. The van der Waals surface area contributed by atoms with Crippen molar-refractivity contribution in [2.75, 3.05) is 26.2 Å². The maximum atomic E-state index is 12.4. The third-order valence-corrected chi connectivity index (χ3v) is 3.91. The van der Waals surface area contributed by atoms with Crippen LogP contribution in [0.15, 0.2) is 0 Å². The molecule has 0 spiro atoms. The van der Waals surface area contributed by atoms with Crippen LogP contribution in [0.25, 0.3) is 0 Å². The third kappa shape index (κ3) is 3.12. The number of rotatable bonds is 2. The van der Waals surface area contributed by atoms with Crippen LogP contribution in [0.2, 0.25) is 0 Å². The summed E-state index contributed by atoms with van der Waals surface area (Å²) in [4.78, 5) is 14.4. The minimum absolute atomic E-state index is 0. The van der Waals surface area contributed by atoms with E-state index in [2.05, 4.69) is 6.92 Å². The molecule has 1 atom stereocenters. The monoisotopic (exact) mass is 262 g/mol. The highest BCUT2D eigenvalue weighted by atomic mass is 35.5. The number of nitrogens with two attached hydrogens (primary N) is 1. The van der Waals surface area contributed by atoms with Gasteiger partial charge in [-0.1, -0.05) is 19.8 Å². The van der Waals surface area contributed by atoms with E-state index in [1.807, 2.05) is 4.90 Å². The van der Waals surface area contributed by atoms with Crippen LogP contribution in [-0.2, 0) is 9.53 Å². The van der Waals surface area contributed by atoms with Crippen LogP contribution in [0.3, 0.4) is 0 Å². The molecule has 0 aromatic carbocycles. The lowest BCUT2D eigenvalue weighted by Gasteiger charge is -2.37. The maximum absolute atomic E-state index is 12.4. The summed E-state index contributed by atoms with van der Waals surface area (Å²) >= 11 is 0. The quantitative estimate of drug-likeness (QED) is 0.813. The molecule has 2 aliphatic rings. The highest BCUT2D eigenvalue weighted by Gasteiger charge is 2.40. The molecule has 1 aliphatic carbocycles. The Bertz CT molecular complexity index is 267. The molecule has 1 saturated carbocycles. The standard InChI is InChI=1S/C12H22N2O2.ClH/c1-12(4-2-3-5-12)11(15)14-6-7-16-10(8-13)9-14;/h10H,2-9,13H2,1H3;1H. The van der Waals surface area contributed by atoms with Gasteiger partial charge in [0.05, 0.1) is 12.7 Å². The van der Waals surface area contributed by atoms with E-state index in [9.17, 15) is 4.79 Å². The van der Waals surface area contributed by atoms with Gasteiger partial charge in [-0.25, -0.2) is 0 Å². The molecule has 1 saturated heterocycles. The van der Waals surface area contributed by atoms with Crippen molar-refractivity contribution in [1.82, 2.24) is 4.90 Å². The molecule has 5 heteroatoms. The second-order valence-corrected chi connectivity index (χ2v) is 5.25. The Morgan fingerprint density at radius 1 is 1.47 bits per heavy atom. The Morgan fingerprint density at radius 3 is 2.71 bits per heavy atom. The van der Waals surface area contributed by atoms with E-state index in [4.69, 9.17) is 10.5 Å². The van der Waals surface area contributed by atoms with E-state index >= 15 is 0 Å². The summed E-state index contributed by atoms with van der Waals surface area (Å²) in [7, 11) is 0. The van der Waals surface area contributed by atoms with Crippen LogP contribution in [0, 0.1) is 5.41 Å². The van der Waals surface area contributed by atoms with Crippen molar-refractivity contribution in [2.24, 2.45) is 11.1 Å². The van der Waals surface area contributed by atoms with E-state index in [1.165, 1.54) is 12.8 Å². The smallest absolute Gasteiger partial charge is 0.228 e. The normalized spacial score (nSPS) is 27.6. The first-order valence-electron chi connectivity index (χ1n) is 6.27. The van der Waals surface area contributed by atoms with Gasteiger partial charge in [-0.2, -0.15) is 0 Å². The SMILES string of the molecule is CC1(C(=O)N2CCOC(CN)C2)CCCC1.Cl. The predicted octanol–water partition coefficient (Wildman–Crippen LogP) is 1.17. The first-order valence-corrected chi connectivity index (χ1v) is 6.27. The molecule has 2 rings (SSSR count). The maximum Gasteiger partial charge on any atom is 0.228 e. The lowest BCUT2D eigenvalue weighted by molar-refractivity contribution is -0.148. The highest BCUT2D eigenvalue weighted by Crippen LogP contribution is 2.39. The van der Waals surface area contributed by atoms with Crippen molar-refractivity contribution in [3.8, 4) is 0 Å². The van der Waals surface area contributed by atoms with Gasteiger partial charge < -0.3 is 15.4 Å². The number of hydrogen-bond acceptors (Lipinski definition) is 3. The molecule has 0 aromatic rings. The minimum atomic E-state index is -0.115. The number of morpholine rings is 1. The highest BCUT2D eigenvalue weighted by molar-refractivity contribution is 5.85. The molecule has 1 aliphatic heterocycles. The summed E-state index contributed by atoms with van der Waals surface area (Å²) in [6.45, 7) is 4.63.